The van der Waals surface area contributed by atoms with Crippen molar-refractivity contribution in [1.82, 2.24) is 25.0 Å². The Kier molecular flexibility index (Phi) is 6.93. The van der Waals surface area contributed by atoms with Crippen LogP contribution in [0.2, 0.25) is 0 Å². The van der Waals surface area contributed by atoms with Gasteiger partial charge in [-0.2, -0.15) is 0 Å². The summed E-state index contributed by atoms with van der Waals surface area (Å²) in [6, 6.07) is 14.3. The van der Waals surface area contributed by atoms with Gasteiger partial charge in [-0.3, -0.25) is 4.79 Å². The van der Waals surface area contributed by atoms with E-state index in [1.807, 2.05) is 35.2 Å². The maximum Gasteiger partial charge on any atom is 0.242 e. The highest BCUT2D eigenvalue weighted by atomic mass is 32.2. The third-order valence-electron chi connectivity index (χ3n) is 4.89. The fraction of sp³-hybridized carbons (Fsp3) is 0.333. The molecule has 3 heterocycles. The average molecular weight is 441 g/mol. The zero-order valence-electron chi connectivity index (χ0n) is 16.8. The van der Waals surface area contributed by atoms with E-state index in [9.17, 15) is 4.79 Å². The summed E-state index contributed by atoms with van der Waals surface area (Å²) in [5.74, 6) is 0.939. The monoisotopic (exact) mass is 440 g/mol. The minimum atomic E-state index is 0.0975. The molecule has 0 aliphatic carbocycles. The molecule has 1 aromatic carbocycles. The summed E-state index contributed by atoms with van der Waals surface area (Å²) in [7, 11) is 2.08. The lowest BCUT2D eigenvalue weighted by Crippen LogP contribution is -2.48. The third-order valence-corrected chi connectivity index (χ3v) is 6.88. The number of anilines is 1. The van der Waals surface area contributed by atoms with Crippen molar-refractivity contribution in [2.45, 2.75) is 10.8 Å². The number of carbonyl (C=O) groups is 1. The topological polar surface area (TPSA) is 74.2 Å². The largest absolute Gasteiger partial charge is 0.351 e. The number of rotatable bonds is 7. The van der Waals surface area contributed by atoms with Gasteiger partial charge >= 0.3 is 0 Å². The van der Waals surface area contributed by atoms with E-state index in [2.05, 4.69) is 44.6 Å². The van der Waals surface area contributed by atoms with Crippen LogP contribution < -0.4 is 5.32 Å². The zero-order chi connectivity index (χ0) is 20.8. The number of amides is 1. The van der Waals surface area contributed by atoms with Crippen molar-refractivity contribution in [1.29, 1.82) is 0 Å². The van der Waals surface area contributed by atoms with Crippen LogP contribution in [0, 0.1) is 0 Å². The molecule has 0 atom stereocenters. The molecule has 3 aromatic rings. The van der Waals surface area contributed by atoms with E-state index in [1.54, 1.807) is 18.0 Å². The van der Waals surface area contributed by atoms with E-state index in [1.165, 1.54) is 16.9 Å². The van der Waals surface area contributed by atoms with Crippen LogP contribution in [0.1, 0.15) is 5.56 Å². The van der Waals surface area contributed by atoms with Crippen LogP contribution >= 0.6 is 23.1 Å². The van der Waals surface area contributed by atoms with Crippen molar-refractivity contribution < 1.29 is 4.79 Å². The number of carbonyl (C=O) groups excluding carboxylic acids is 1. The molecule has 156 valence electrons. The Bertz CT molecular complexity index is 972. The predicted octanol–water partition coefficient (Wildman–Crippen LogP) is 3.08. The molecule has 1 fully saturated rings. The van der Waals surface area contributed by atoms with Gasteiger partial charge in [0.15, 0.2) is 5.01 Å². The predicted molar refractivity (Wildman–Crippen MR) is 122 cm³/mol. The van der Waals surface area contributed by atoms with Gasteiger partial charge in [0.2, 0.25) is 11.0 Å². The molecule has 1 aliphatic rings. The van der Waals surface area contributed by atoms with Crippen molar-refractivity contribution in [3.8, 4) is 10.6 Å². The smallest absolute Gasteiger partial charge is 0.242 e. The van der Waals surface area contributed by atoms with Gasteiger partial charge in [0.1, 0.15) is 5.03 Å². The second kappa shape index (κ2) is 10.0. The van der Waals surface area contributed by atoms with Gasteiger partial charge in [-0.05, 0) is 24.7 Å². The molecule has 4 rings (SSSR count). The van der Waals surface area contributed by atoms with Gasteiger partial charge in [0.05, 0.1) is 6.54 Å². The molecule has 0 spiro atoms. The quantitative estimate of drug-likeness (QED) is 0.566. The molecule has 0 bridgehead atoms. The van der Waals surface area contributed by atoms with Crippen molar-refractivity contribution in [3.05, 3.63) is 54.2 Å². The number of hydrogen-bond donors (Lipinski definition) is 1. The van der Waals surface area contributed by atoms with Crippen molar-refractivity contribution in [2.75, 3.05) is 45.1 Å². The first kappa shape index (κ1) is 20.8. The van der Waals surface area contributed by atoms with Crippen LogP contribution in [0.5, 0.6) is 0 Å². The maximum absolute atomic E-state index is 12.4. The Morgan fingerprint density at radius 2 is 1.90 bits per heavy atom. The zero-order valence-corrected chi connectivity index (χ0v) is 18.5. The van der Waals surface area contributed by atoms with Gasteiger partial charge in [0, 0.05) is 43.7 Å². The molecule has 2 aromatic heterocycles. The van der Waals surface area contributed by atoms with Crippen LogP contribution in [0.3, 0.4) is 0 Å². The van der Waals surface area contributed by atoms with E-state index in [4.69, 9.17) is 0 Å². The molecule has 0 saturated carbocycles. The highest BCUT2D eigenvalue weighted by molar-refractivity contribution is 7.98. The molecule has 7 nitrogen and oxygen atoms in total. The van der Waals surface area contributed by atoms with Crippen LogP contribution in [0.15, 0.2) is 53.7 Å². The van der Waals surface area contributed by atoms with Gasteiger partial charge in [-0.25, -0.2) is 4.98 Å². The Morgan fingerprint density at radius 3 is 2.70 bits per heavy atom. The fourth-order valence-electron chi connectivity index (χ4n) is 3.12. The number of pyridine rings is 1. The second-order valence-corrected chi connectivity index (χ2v) is 9.02. The molecule has 0 radical (unpaired) electrons. The SMILES string of the molecule is CN1CCN(C(=O)CNc2nnc(-c3cccnc3SCc3ccccc3)s2)CC1. The summed E-state index contributed by atoms with van der Waals surface area (Å²) in [6.07, 6.45) is 1.80. The van der Waals surface area contributed by atoms with E-state index in [0.29, 0.717) is 5.13 Å². The standard InChI is InChI=1S/C21H24N6OS2/c1-26-10-12-27(13-11-26)18(28)14-23-21-25-24-20(30-21)17-8-5-9-22-19(17)29-15-16-6-3-2-4-7-16/h2-9H,10-15H2,1H3,(H,23,25). The van der Waals surface area contributed by atoms with Crippen LogP contribution in [-0.4, -0.2) is 70.7 Å². The van der Waals surface area contributed by atoms with Crippen molar-refractivity contribution in [2.24, 2.45) is 0 Å². The molecular formula is C21H24N6OS2. The minimum absolute atomic E-state index is 0.0975. The van der Waals surface area contributed by atoms with E-state index in [0.717, 1.165) is 47.5 Å². The van der Waals surface area contributed by atoms with Gasteiger partial charge < -0.3 is 15.1 Å². The Labute approximate surface area is 184 Å². The minimum Gasteiger partial charge on any atom is -0.351 e. The lowest BCUT2D eigenvalue weighted by atomic mass is 10.2. The first-order valence-corrected chi connectivity index (χ1v) is 11.6. The number of nitrogens with one attached hydrogen (secondary N) is 1. The second-order valence-electron chi connectivity index (χ2n) is 7.08. The Balaban J connectivity index is 1.37. The summed E-state index contributed by atoms with van der Waals surface area (Å²) >= 11 is 3.13. The van der Waals surface area contributed by atoms with Crippen molar-refractivity contribution in [3.63, 3.8) is 0 Å². The van der Waals surface area contributed by atoms with Gasteiger partial charge in [-0.15, -0.1) is 22.0 Å². The average Bonchev–Trinajstić information content (AvgIpc) is 3.26. The molecule has 0 unspecified atom stereocenters. The fourth-order valence-corrected chi connectivity index (χ4v) is 4.90. The highest BCUT2D eigenvalue weighted by Crippen LogP contribution is 2.34. The number of likely N-dealkylation sites (N-methyl/N-ethyl adjacent to an activating group) is 1. The summed E-state index contributed by atoms with van der Waals surface area (Å²) < 4.78 is 0. The summed E-state index contributed by atoms with van der Waals surface area (Å²) in [4.78, 5) is 21.1. The van der Waals surface area contributed by atoms with Gasteiger partial charge in [-0.1, -0.05) is 41.7 Å². The van der Waals surface area contributed by atoms with Crippen LogP contribution in [0.25, 0.3) is 10.6 Å². The van der Waals surface area contributed by atoms with E-state index < -0.39 is 0 Å². The summed E-state index contributed by atoms with van der Waals surface area (Å²) in [5.41, 5.74) is 2.22. The third kappa shape index (κ3) is 5.35. The molecule has 9 heteroatoms. The summed E-state index contributed by atoms with van der Waals surface area (Å²) in [6.45, 7) is 3.62. The Morgan fingerprint density at radius 1 is 1.10 bits per heavy atom. The number of thioether (sulfide) groups is 1. The molecule has 30 heavy (non-hydrogen) atoms. The molecular weight excluding hydrogens is 416 g/mol. The lowest BCUT2D eigenvalue weighted by molar-refractivity contribution is -0.130. The number of piperazine rings is 1. The number of aromatic nitrogens is 3. The number of benzene rings is 1. The molecule has 1 saturated heterocycles. The number of nitrogens with zero attached hydrogens (tertiary/aromatic N) is 5. The maximum atomic E-state index is 12.4. The van der Waals surface area contributed by atoms with E-state index >= 15 is 0 Å². The Hall–Kier alpha value is -2.49. The van der Waals surface area contributed by atoms with Crippen LogP contribution in [-0.2, 0) is 10.5 Å². The lowest BCUT2D eigenvalue weighted by Gasteiger charge is -2.32. The first-order valence-electron chi connectivity index (χ1n) is 9.85. The first-order chi connectivity index (χ1) is 14.7. The van der Waals surface area contributed by atoms with Crippen molar-refractivity contribution >= 4 is 34.1 Å². The summed E-state index contributed by atoms with van der Waals surface area (Å²) in [5, 5.41) is 14.1. The normalized spacial score (nSPS) is 14.6. The van der Waals surface area contributed by atoms with Crippen LogP contribution in [0.4, 0.5) is 5.13 Å². The van der Waals surface area contributed by atoms with Gasteiger partial charge in [0.25, 0.3) is 0 Å². The van der Waals surface area contributed by atoms with E-state index in [-0.39, 0.29) is 12.5 Å². The molecule has 1 amide bonds. The highest BCUT2D eigenvalue weighted by Gasteiger charge is 2.19. The molecule has 1 aliphatic heterocycles. The number of hydrogen-bond acceptors (Lipinski definition) is 8. The molecule has 1 N–H and O–H groups in total.